The number of carbonyl (C=O) groups excluding carboxylic acids is 1. The third-order valence-electron chi connectivity index (χ3n) is 3.96. The molecule has 2 atom stereocenters. The van der Waals surface area contributed by atoms with Gasteiger partial charge in [-0.15, -0.1) is 22.7 Å². The molecule has 6 heteroatoms. The van der Waals surface area contributed by atoms with Crippen LogP contribution in [0.5, 0.6) is 0 Å². The first kappa shape index (κ1) is 12.4. The summed E-state index contributed by atoms with van der Waals surface area (Å²) in [6, 6.07) is 4.07. The second-order valence-corrected chi connectivity index (χ2v) is 7.49. The lowest BCUT2D eigenvalue weighted by Crippen LogP contribution is -3.08. The number of hydrogen-bond acceptors (Lipinski definition) is 4. The van der Waals surface area contributed by atoms with E-state index in [0.717, 1.165) is 35.0 Å². The molecular weight excluding hydrogens is 290 g/mol. The molecule has 0 saturated heterocycles. The predicted octanol–water partition coefficient (Wildman–Crippen LogP) is 1.23. The third kappa shape index (κ3) is 1.87. The Morgan fingerprint density at radius 1 is 1.40 bits per heavy atom. The van der Waals surface area contributed by atoms with Crippen molar-refractivity contribution in [2.24, 2.45) is 0 Å². The molecule has 1 amide bonds. The Balaban J connectivity index is 1.73. The smallest absolute Gasteiger partial charge is 0.256 e. The minimum Gasteiger partial charge on any atom is -0.352 e. The molecule has 2 aliphatic heterocycles. The number of thiophene rings is 2. The van der Waals surface area contributed by atoms with E-state index in [-0.39, 0.29) is 12.1 Å². The van der Waals surface area contributed by atoms with E-state index in [2.05, 4.69) is 23.7 Å². The fourth-order valence-corrected chi connectivity index (χ4v) is 5.04. The molecule has 3 N–H and O–H groups in total. The van der Waals surface area contributed by atoms with Crippen molar-refractivity contribution in [1.29, 1.82) is 0 Å². The molecule has 0 aliphatic carbocycles. The van der Waals surface area contributed by atoms with Crippen LogP contribution in [0.2, 0.25) is 0 Å². The maximum atomic E-state index is 12.5. The van der Waals surface area contributed by atoms with Crippen molar-refractivity contribution in [1.82, 2.24) is 5.32 Å². The highest BCUT2D eigenvalue weighted by Gasteiger charge is 2.33. The highest BCUT2D eigenvalue weighted by atomic mass is 32.1. The standard InChI is InChI=1S/C14H15N3OS2/c1-17-5-4-8-10(7-17)20-14-11(8)13(18)15-12(16-14)9-3-2-6-19-9/h2-3,6,12,16H,4-5,7H2,1H3,(H,15,18)/p+1/t12-/m1/s1. The minimum absolute atomic E-state index is 0.0780. The molecule has 0 spiro atoms. The molecule has 2 aliphatic rings. The second kappa shape index (κ2) is 4.58. The van der Waals surface area contributed by atoms with Gasteiger partial charge in [-0.25, -0.2) is 0 Å². The van der Waals surface area contributed by atoms with Crippen LogP contribution in [-0.2, 0) is 13.0 Å². The molecule has 0 saturated carbocycles. The van der Waals surface area contributed by atoms with Gasteiger partial charge in [0, 0.05) is 11.3 Å². The lowest BCUT2D eigenvalue weighted by molar-refractivity contribution is -0.895. The van der Waals surface area contributed by atoms with E-state index in [1.807, 2.05) is 11.4 Å². The molecule has 0 radical (unpaired) electrons. The van der Waals surface area contributed by atoms with Gasteiger partial charge in [-0.1, -0.05) is 6.07 Å². The number of rotatable bonds is 1. The van der Waals surface area contributed by atoms with E-state index in [4.69, 9.17) is 0 Å². The monoisotopic (exact) mass is 306 g/mol. The molecule has 104 valence electrons. The average Bonchev–Trinajstić information content (AvgIpc) is 3.04. The van der Waals surface area contributed by atoms with Crippen LogP contribution in [0.4, 0.5) is 5.00 Å². The van der Waals surface area contributed by atoms with Gasteiger partial charge in [-0.05, 0) is 17.0 Å². The maximum absolute atomic E-state index is 12.5. The fraction of sp³-hybridized carbons (Fsp3) is 0.357. The van der Waals surface area contributed by atoms with Crippen LogP contribution in [0.1, 0.15) is 31.8 Å². The Hall–Kier alpha value is -1.37. The van der Waals surface area contributed by atoms with Crippen molar-refractivity contribution in [3.8, 4) is 0 Å². The summed E-state index contributed by atoms with van der Waals surface area (Å²) in [6.07, 6.45) is 0.923. The number of quaternary nitrogens is 1. The zero-order chi connectivity index (χ0) is 13.7. The summed E-state index contributed by atoms with van der Waals surface area (Å²) in [5.74, 6) is 0.0780. The molecule has 2 aromatic rings. The normalized spacial score (nSPS) is 24.6. The van der Waals surface area contributed by atoms with Crippen LogP contribution in [0, 0.1) is 0 Å². The van der Waals surface area contributed by atoms with E-state index < -0.39 is 0 Å². The molecule has 4 heterocycles. The van der Waals surface area contributed by atoms with Gasteiger partial charge in [-0.2, -0.15) is 0 Å². The summed E-state index contributed by atoms with van der Waals surface area (Å²) in [7, 11) is 2.21. The van der Waals surface area contributed by atoms with Gasteiger partial charge < -0.3 is 15.5 Å². The third-order valence-corrected chi connectivity index (χ3v) is 6.06. The SMILES string of the molecule is C[NH+]1CCc2c(sc3c2C(=O)N[C@@H](c2cccs2)N3)C1. The van der Waals surface area contributed by atoms with Crippen molar-refractivity contribution in [2.45, 2.75) is 19.1 Å². The summed E-state index contributed by atoms with van der Waals surface area (Å²) in [5, 5.41) is 9.66. The summed E-state index contributed by atoms with van der Waals surface area (Å²) in [6.45, 7) is 2.14. The second-order valence-electron chi connectivity index (χ2n) is 5.41. The van der Waals surface area contributed by atoms with Crippen molar-refractivity contribution < 1.29 is 9.69 Å². The lowest BCUT2D eigenvalue weighted by atomic mass is 10.0. The molecule has 4 nitrogen and oxygen atoms in total. The van der Waals surface area contributed by atoms with Crippen LogP contribution < -0.4 is 15.5 Å². The van der Waals surface area contributed by atoms with Crippen molar-refractivity contribution in [3.05, 3.63) is 38.4 Å². The van der Waals surface area contributed by atoms with Crippen LogP contribution >= 0.6 is 22.7 Å². The molecule has 0 fully saturated rings. The Labute approximate surface area is 125 Å². The highest BCUT2D eigenvalue weighted by Crippen LogP contribution is 2.39. The number of likely N-dealkylation sites (N-methyl/N-ethyl adjacent to an activating group) is 1. The van der Waals surface area contributed by atoms with Crippen molar-refractivity contribution >= 4 is 33.6 Å². The van der Waals surface area contributed by atoms with Crippen LogP contribution in [0.25, 0.3) is 0 Å². The molecule has 20 heavy (non-hydrogen) atoms. The molecular formula is C14H16N3OS2+. The van der Waals surface area contributed by atoms with E-state index >= 15 is 0 Å². The molecule has 0 aromatic carbocycles. The summed E-state index contributed by atoms with van der Waals surface area (Å²) in [5.41, 5.74) is 2.16. The number of fused-ring (bicyclic) bond motifs is 3. The lowest BCUT2D eigenvalue weighted by Gasteiger charge is -2.25. The number of carbonyl (C=O) groups is 1. The first-order valence-electron chi connectivity index (χ1n) is 6.79. The van der Waals surface area contributed by atoms with Crippen LogP contribution in [0.15, 0.2) is 17.5 Å². The number of hydrogen-bond donors (Lipinski definition) is 3. The molecule has 2 aromatic heterocycles. The van der Waals surface area contributed by atoms with Crippen LogP contribution in [-0.4, -0.2) is 19.5 Å². The van der Waals surface area contributed by atoms with Crippen molar-refractivity contribution in [3.63, 3.8) is 0 Å². The van der Waals surface area contributed by atoms with Gasteiger partial charge in [-0.3, -0.25) is 4.79 Å². The first-order chi connectivity index (χ1) is 9.72. The van der Waals surface area contributed by atoms with Crippen molar-refractivity contribution in [2.75, 3.05) is 18.9 Å². The summed E-state index contributed by atoms with van der Waals surface area (Å²) >= 11 is 3.42. The van der Waals surface area contributed by atoms with E-state index in [0.29, 0.717) is 0 Å². The number of anilines is 1. The largest absolute Gasteiger partial charge is 0.352 e. The predicted molar refractivity (Wildman–Crippen MR) is 81.6 cm³/mol. The van der Waals surface area contributed by atoms with Gasteiger partial charge in [0.05, 0.1) is 24.0 Å². The summed E-state index contributed by atoms with van der Waals surface area (Å²) < 4.78 is 0. The molecule has 0 bridgehead atoms. The van der Waals surface area contributed by atoms with Gasteiger partial charge >= 0.3 is 0 Å². The zero-order valence-electron chi connectivity index (χ0n) is 11.2. The number of nitrogens with one attached hydrogen (secondary N) is 3. The van der Waals surface area contributed by atoms with Gasteiger partial charge in [0.15, 0.2) is 0 Å². The molecule has 1 unspecified atom stereocenters. The zero-order valence-corrected chi connectivity index (χ0v) is 12.8. The summed E-state index contributed by atoms with van der Waals surface area (Å²) in [4.78, 5) is 16.5. The Kier molecular flexibility index (Phi) is 2.83. The van der Waals surface area contributed by atoms with Gasteiger partial charge in [0.25, 0.3) is 5.91 Å². The Morgan fingerprint density at radius 2 is 2.30 bits per heavy atom. The Bertz CT molecular complexity index is 662. The van der Waals surface area contributed by atoms with E-state index in [1.165, 1.54) is 15.3 Å². The van der Waals surface area contributed by atoms with E-state index in [1.54, 1.807) is 22.7 Å². The molecule has 4 rings (SSSR count). The minimum atomic E-state index is -0.0832. The topological polar surface area (TPSA) is 45.6 Å². The maximum Gasteiger partial charge on any atom is 0.256 e. The van der Waals surface area contributed by atoms with Crippen LogP contribution in [0.3, 0.4) is 0 Å². The fourth-order valence-electron chi connectivity index (χ4n) is 2.93. The highest BCUT2D eigenvalue weighted by molar-refractivity contribution is 7.16. The van der Waals surface area contributed by atoms with E-state index in [9.17, 15) is 4.79 Å². The number of amides is 1. The van der Waals surface area contributed by atoms with Gasteiger partial charge in [0.2, 0.25) is 0 Å². The van der Waals surface area contributed by atoms with Gasteiger partial charge in [0.1, 0.15) is 17.7 Å². The average molecular weight is 306 g/mol. The quantitative estimate of drug-likeness (QED) is 0.742. The first-order valence-corrected chi connectivity index (χ1v) is 8.48. The Morgan fingerprint density at radius 3 is 3.10 bits per heavy atom.